The molecule has 29 heavy (non-hydrogen) atoms. The van der Waals surface area contributed by atoms with Crippen LogP contribution in [0, 0.1) is 6.92 Å². The van der Waals surface area contributed by atoms with E-state index in [0.717, 1.165) is 16.9 Å². The average molecular weight is 389 g/mol. The lowest BCUT2D eigenvalue weighted by molar-refractivity contribution is -0.114. The van der Waals surface area contributed by atoms with Gasteiger partial charge in [0.25, 0.3) is 5.91 Å². The van der Waals surface area contributed by atoms with Crippen molar-refractivity contribution in [3.8, 4) is 0 Å². The van der Waals surface area contributed by atoms with Gasteiger partial charge in [-0.2, -0.15) is 0 Å². The van der Waals surface area contributed by atoms with Gasteiger partial charge in [0.05, 0.1) is 0 Å². The van der Waals surface area contributed by atoms with E-state index < -0.39 is 0 Å². The molecule has 7 nitrogen and oxygen atoms in total. The highest BCUT2D eigenvalue weighted by Gasteiger charge is 2.18. The van der Waals surface area contributed by atoms with E-state index in [9.17, 15) is 9.59 Å². The van der Waals surface area contributed by atoms with E-state index in [-0.39, 0.29) is 11.8 Å². The first kappa shape index (κ1) is 20.0. The van der Waals surface area contributed by atoms with Crippen LogP contribution in [-0.4, -0.2) is 28.3 Å². The molecule has 0 bridgehead atoms. The lowest BCUT2D eigenvalue weighted by Gasteiger charge is -2.21. The zero-order valence-corrected chi connectivity index (χ0v) is 16.6. The minimum absolute atomic E-state index is 0.145. The molecule has 0 aliphatic rings. The minimum Gasteiger partial charge on any atom is -0.340 e. The molecule has 0 saturated heterocycles. The van der Waals surface area contributed by atoms with Crippen molar-refractivity contribution in [3.05, 3.63) is 72.2 Å². The third-order valence-corrected chi connectivity index (χ3v) is 4.22. The lowest BCUT2D eigenvalue weighted by Crippen LogP contribution is -2.31. The van der Waals surface area contributed by atoms with Gasteiger partial charge < -0.3 is 15.5 Å². The summed E-state index contributed by atoms with van der Waals surface area (Å²) >= 11 is 0. The molecule has 0 spiro atoms. The number of nitrogens with zero attached hydrogens (tertiary/aromatic N) is 3. The Balaban J connectivity index is 1.81. The van der Waals surface area contributed by atoms with Crippen LogP contribution in [0.5, 0.6) is 0 Å². The van der Waals surface area contributed by atoms with Crippen molar-refractivity contribution in [1.82, 2.24) is 9.97 Å². The van der Waals surface area contributed by atoms with Crippen LogP contribution < -0.4 is 15.5 Å². The van der Waals surface area contributed by atoms with E-state index in [1.165, 1.54) is 13.3 Å². The maximum atomic E-state index is 13.0. The number of carbonyl (C=O) groups excluding carboxylic acids is 2. The summed E-state index contributed by atoms with van der Waals surface area (Å²) in [5.74, 6) is 0.145. The van der Waals surface area contributed by atoms with Gasteiger partial charge in [-0.05, 0) is 49.7 Å². The molecule has 0 saturated carbocycles. The smallest absolute Gasteiger partial charge is 0.277 e. The molecule has 1 aromatic heterocycles. The number of benzene rings is 2. The van der Waals surface area contributed by atoms with E-state index in [2.05, 4.69) is 20.6 Å². The Bertz CT molecular complexity index is 1030. The summed E-state index contributed by atoms with van der Waals surface area (Å²) in [4.78, 5) is 34.3. The van der Waals surface area contributed by atoms with Crippen LogP contribution in [0.15, 0.2) is 60.9 Å². The Labute approximate surface area is 169 Å². The number of hydrogen-bond donors (Lipinski definition) is 2. The second kappa shape index (κ2) is 8.97. The molecular formula is C22H23N5O2. The van der Waals surface area contributed by atoms with E-state index in [1.807, 2.05) is 50.2 Å². The van der Waals surface area contributed by atoms with Gasteiger partial charge in [-0.1, -0.05) is 18.2 Å². The average Bonchev–Trinajstić information content (AvgIpc) is 2.68. The van der Waals surface area contributed by atoms with Gasteiger partial charge in [0.1, 0.15) is 17.8 Å². The van der Waals surface area contributed by atoms with Crippen molar-refractivity contribution in [1.29, 1.82) is 0 Å². The quantitative estimate of drug-likeness (QED) is 0.661. The van der Waals surface area contributed by atoms with Crippen molar-refractivity contribution in [2.24, 2.45) is 0 Å². The fraction of sp³-hybridized carbons (Fsp3) is 0.182. The Kier molecular flexibility index (Phi) is 6.19. The molecule has 1 heterocycles. The topological polar surface area (TPSA) is 87.2 Å². The van der Waals surface area contributed by atoms with Gasteiger partial charge >= 0.3 is 0 Å². The number of aryl methyl sites for hydroxylation is 1. The van der Waals surface area contributed by atoms with Gasteiger partial charge in [0, 0.05) is 36.6 Å². The number of nitrogens with one attached hydrogen (secondary N) is 2. The summed E-state index contributed by atoms with van der Waals surface area (Å²) < 4.78 is 0. The monoisotopic (exact) mass is 389 g/mol. The zero-order valence-electron chi connectivity index (χ0n) is 16.6. The van der Waals surface area contributed by atoms with Gasteiger partial charge in [-0.25, -0.2) is 9.97 Å². The van der Waals surface area contributed by atoms with Crippen LogP contribution >= 0.6 is 0 Å². The zero-order chi connectivity index (χ0) is 20.8. The standard InChI is InChI=1S/C22H23N5O2/c1-4-27(19-10-5-7-15(2)11-19)22(29)20-13-21(24-14-23-20)26-18-9-6-8-17(12-18)25-16(3)28/h5-14H,4H2,1-3H3,(H,25,28)(H,23,24,26). The normalized spacial score (nSPS) is 10.3. The first-order valence-corrected chi connectivity index (χ1v) is 9.31. The van der Waals surface area contributed by atoms with Crippen molar-refractivity contribution < 1.29 is 9.59 Å². The van der Waals surface area contributed by atoms with Crippen LogP contribution in [0.25, 0.3) is 0 Å². The van der Waals surface area contributed by atoms with Gasteiger partial charge in [0.15, 0.2) is 0 Å². The molecular weight excluding hydrogens is 366 g/mol. The van der Waals surface area contributed by atoms with Crippen molar-refractivity contribution in [3.63, 3.8) is 0 Å². The van der Waals surface area contributed by atoms with Crippen LogP contribution in [0.1, 0.15) is 29.9 Å². The first-order chi connectivity index (χ1) is 14.0. The molecule has 2 N–H and O–H groups in total. The highest BCUT2D eigenvalue weighted by molar-refractivity contribution is 6.05. The highest BCUT2D eigenvalue weighted by atomic mass is 16.2. The summed E-state index contributed by atoms with van der Waals surface area (Å²) in [6, 6.07) is 16.7. The van der Waals surface area contributed by atoms with E-state index in [4.69, 9.17) is 0 Å². The molecule has 2 aromatic carbocycles. The number of hydrogen-bond acceptors (Lipinski definition) is 5. The van der Waals surface area contributed by atoms with Gasteiger partial charge in [-0.15, -0.1) is 0 Å². The molecule has 0 radical (unpaired) electrons. The Morgan fingerprint density at radius 3 is 2.48 bits per heavy atom. The Morgan fingerprint density at radius 2 is 1.76 bits per heavy atom. The molecule has 148 valence electrons. The summed E-state index contributed by atoms with van der Waals surface area (Å²) in [7, 11) is 0. The number of amides is 2. The first-order valence-electron chi connectivity index (χ1n) is 9.31. The number of rotatable bonds is 6. The molecule has 0 atom stereocenters. The summed E-state index contributed by atoms with van der Waals surface area (Å²) in [5, 5.41) is 5.88. The largest absolute Gasteiger partial charge is 0.340 e. The Hall–Kier alpha value is -3.74. The molecule has 3 rings (SSSR count). The molecule has 0 unspecified atom stereocenters. The van der Waals surface area contributed by atoms with E-state index >= 15 is 0 Å². The lowest BCUT2D eigenvalue weighted by atomic mass is 10.2. The van der Waals surface area contributed by atoms with Crippen molar-refractivity contribution in [2.75, 3.05) is 22.1 Å². The molecule has 0 aliphatic heterocycles. The fourth-order valence-electron chi connectivity index (χ4n) is 2.95. The minimum atomic E-state index is -0.199. The summed E-state index contributed by atoms with van der Waals surface area (Å²) in [5.41, 5.74) is 3.61. The van der Waals surface area contributed by atoms with E-state index in [1.54, 1.807) is 23.1 Å². The third kappa shape index (κ3) is 5.16. The van der Waals surface area contributed by atoms with Crippen LogP contribution in [0.3, 0.4) is 0 Å². The second-order valence-corrected chi connectivity index (χ2v) is 6.56. The van der Waals surface area contributed by atoms with Crippen LogP contribution in [0.2, 0.25) is 0 Å². The number of carbonyl (C=O) groups is 2. The SMILES string of the molecule is CCN(C(=O)c1cc(Nc2cccc(NC(C)=O)c2)ncn1)c1cccc(C)c1. The number of anilines is 4. The van der Waals surface area contributed by atoms with Crippen molar-refractivity contribution >= 4 is 34.7 Å². The van der Waals surface area contributed by atoms with Crippen LogP contribution in [0.4, 0.5) is 22.9 Å². The summed E-state index contributed by atoms with van der Waals surface area (Å²) in [6.07, 6.45) is 1.36. The summed E-state index contributed by atoms with van der Waals surface area (Å²) in [6.45, 7) is 5.89. The van der Waals surface area contributed by atoms with Gasteiger partial charge in [-0.3, -0.25) is 9.59 Å². The molecule has 7 heteroatoms. The Morgan fingerprint density at radius 1 is 1.00 bits per heavy atom. The molecule has 0 fully saturated rings. The second-order valence-electron chi connectivity index (χ2n) is 6.56. The maximum Gasteiger partial charge on any atom is 0.277 e. The van der Waals surface area contributed by atoms with Gasteiger partial charge in [0.2, 0.25) is 5.91 Å². The predicted molar refractivity (Wildman–Crippen MR) is 115 cm³/mol. The van der Waals surface area contributed by atoms with E-state index in [0.29, 0.717) is 23.7 Å². The van der Waals surface area contributed by atoms with Crippen LogP contribution in [-0.2, 0) is 4.79 Å². The molecule has 0 aliphatic carbocycles. The third-order valence-electron chi connectivity index (χ3n) is 4.22. The fourth-order valence-corrected chi connectivity index (χ4v) is 2.95. The predicted octanol–water partition coefficient (Wildman–Crippen LogP) is 4.15. The molecule has 2 amide bonds. The highest BCUT2D eigenvalue weighted by Crippen LogP contribution is 2.21. The molecule has 3 aromatic rings. The number of aromatic nitrogens is 2. The maximum absolute atomic E-state index is 13.0. The van der Waals surface area contributed by atoms with Crippen molar-refractivity contribution in [2.45, 2.75) is 20.8 Å².